The molecular weight excluding hydrogens is 444 g/mol. The second-order valence-electron chi connectivity index (χ2n) is 10.8. The average molecular weight is 499 g/mol. The summed E-state index contributed by atoms with van der Waals surface area (Å²) >= 11 is 0. The van der Waals surface area contributed by atoms with Crippen LogP contribution in [0.4, 0.5) is 0 Å². The molecule has 6 nitrogen and oxygen atoms in total. The van der Waals surface area contributed by atoms with E-state index in [2.05, 4.69) is 27.7 Å². The molecule has 0 radical (unpaired) electrons. The Hall–Kier alpha value is -1.59. The van der Waals surface area contributed by atoms with Gasteiger partial charge in [0.2, 0.25) is 0 Å². The number of carboxylic acid groups (broad SMARTS) is 1. The molecule has 206 valence electrons. The van der Waals surface area contributed by atoms with Crippen molar-refractivity contribution in [2.45, 2.75) is 131 Å². The Morgan fingerprint density at radius 1 is 0.629 bits per heavy atom. The van der Waals surface area contributed by atoms with Crippen molar-refractivity contribution in [2.24, 2.45) is 23.7 Å². The first kappa shape index (κ1) is 33.4. The summed E-state index contributed by atoms with van der Waals surface area (Å²) in [6, 6.07) is 0. The fraction of sp³-hybridized carbons (Fsp3) is 0.897. The molecule has 0 fully saturated rings. The number of esters is 2. The van der Waals surface area contributed by atoms with Crippen LogP contribution in [-0.4, -0.2) is 36.2 Å². The summed E-state index contributed by atoms with van der Waals surface area (Å²) in [6.45, 7) is 11.4. The van der Waals surface area contributed by atoms with Crippen LogP contribution in [0.25, 0.3) is 0 Å². The maximum Gasteiger partial charge on any atom is 0.310 e. The van der Waals surface area contributed by atoms with Gasteiger partial charge < -0.3 is 14.6 Å². The van der Waals surface area contributed by atoms with Gasteiger partial charge in [0.1, 0.15) is 0 Å². The maximum atomic E-state index is 12.7. The first-order valence-corrected chi connectivity index (χ1v) is 14.2. The normalized spacial score (nSPS) is 13.1. The summed E-state index contributed by atoms with van der Waals surface area (Å²) in [5.74, 6) is -2.64. The molecular formula is C29H54O6. The third kappa shape index (κ3) is 19.3. The lowest BCUT2D eigenvalue weighted by molar-refractivity contribution is -0.162. The number of ether oxygens (including phenoxy) is 2. The number of aliphatic carboxylic acids is 1. The largest absolute Gasteiger partial charge is 0.481 e. The fourth-order valence-corrected chi connectivity index (χ4v) is 4.27. The van der Waals surface area contributed by atoms with Crippen LogP contribution in [0.15, 0.2) is 0 Å². The molecule has 1 N–H and O–H groups in total. The van der Waals surface area contributed by atoms with E-state index in [1.807, 2.05) is 6.92 Å². The number of carbonyl (C=O) groups excluding carboxylic acids is 2. The lowest BCUT2D eigenvalue weighted by Crippen LogP contribution is -2.33. The molecule has 0 bridgehead atoms. The van der Waals surface area contributed by atoms with Crippen molar-refractivity contribution in [2.75, 3.05) is 13.2 Å². The minimum atomic E-state index is -1.06. The second-order valence-corrected chi connectivity index (χ2v) is 10.8. The number of hydrogen-bond donors (Lipinski definition) is 1. The van der Waals surface area contributed by atoms with Gasteiger partial charge in [-0.05, 0) is 31.1 Å². The maximum absolute atomic E-state index is 12.7. The second kappa shape index (κ2) is 21.7. The highest BCUT2D eigenvalue weighted by Gasteiger charge is 2.36. The van der Waals surface area contributed by atoms with Gasteiger partial charge in [-0.1, -0.05) is 105 Å². The van der Waals surface area contributed by atoms with Gasteiger partial charge in [-0.25, -0.2) is 0 Å². The molecule has 0 heterocycles. The van der Waals surface area contributed by atoms with E-state index in [0.29, 0.717) is 19.4 Å². The van der Waals surface area contributed by atoms with Gasteiger partial charge in [0.25, 0.3) is 0 Å². The Balaban J connectivity index is 4.44. The van der Waals surface area contributed by atoms with Crippen LogP contribution in [0.1, 0.15) is 131 Å². The minimum Gasteiger partial charge on any atom is -0.481 e. The quantitative estimate of drug-likeness (QED) is 0.115. The summed E-state index contributed by atoms with van der Waals surface area (Å²) in [5, 5.41) is 9.66. The highest BCUT2D eigenvalue weighted by molar-refractivity contribution is 5.85. The Kier molecular flexibility index (Phi) is 20.7. The van der Waals surface area contributed by atoms with Crippen LogP contribution in [0.5, 0.6) is 0 Å². The standard InChI is InChI=1S/C29H54O6/c1-6-17-25(28(31)32)26(29(33)35-21-16-12-8-10-14-19-24(4)5)22-27(30)34-20-15-11-7-9-13-18-23(2)3/h23-26H,6-22H2,1-5H3,(H,31,32). The van der Waals surface area contributed by atoms with Gasteiger partial charge in [0.15, 0.2) is 0 Å². The van der Waals surface area contributed by atoms with Crippen LogP contribution >= 0.6 is 0 Å². The number of rotatable bonds is 23. The Morgan fingerprint density at radius 2 is 1.09 bits per heavy atom. The predicted molar refractivity (Wildman–Crippen MR) is 141 cm³/mol. The summed E-state index contributed by atoms with van der Waals surface area (Å²) in [6.07, 6.45) is 13.7. The zero-order chi connectivity index (χ0) is 26.5. The van der Waals surface area contributed by atoms with Crippen LogP contribution in [0.2, 0.25) is 0 Å². The monoisotopic (exact) mass is 498 g/mol. The Morgan fingerprint density at radius 3 is 1.54 bits per heavy atom. The zero-order valence-electron chi connectivity index (χ0n) is 23.3. The van der Waals surface area contributed by atoms with Crippen molar-refractivity contribution < 1.29 is 29.0 Å². The minimum absolute atomic E-state index is 0.237. The van der Waals surface area contributed by atoms with Crippen LogP contribution in [0.3, 0.4) is 0 Å². The zero-order valence-corrected chi connectivity index (χ0v) is 23.3. The summed E-state index contributed by atoms with van der Waals surface area (Å²) in [7, 11) is 0. The lowest BCUT2D eigenvalue weighted by atomic mass is 9.86. The van der Waals surface area contributed by atoms with Crippen LogP contribution < -0.4 is 0 Å². The molecule has 0 spiro atoms. The van der Waals surface area contributed by atoms with Crippen molar-refractivity contribution in [3.63, 3.8) is 0 Å². The van der Waals surface area contributed by atoms with Gasteiger partial charge in [-0.15, -0.1) is 0 Å². The fourth-order valence-electron chi connectivity index (χ4n) is 4.27. The smallest absolute Gasteiger partial charge is 0.310 e. The SMILES string of the molecule is CCCC(C(=O)O)C(CC(=O)OCCCCCCCC(C)C)C(=O)OCCCCCCCC(C)C. The van der Waals surface area contributed by atoms with Crippen LogP contribution in [0, 0.1) is 23.7 Å². The Bertz CT molecular complexity index is 557. The highest BCUT2D eigenvalue weighted by Crippen LogP contribution is 2.24. The van der Waals surface area contributed by atoms with Crippen molar-refractivity contribution >= 4 is 17.9 Å². The van der Waals surface area contributed by atoms with Gasteiger partial charge in [-0.3, -0.25) is 14.4 Å². The van der Waals surface area contributed by atoms with Crippen LogP contribution in [-0.2, 0) is 23.9 Å². The molecule has 2 atom stereocenters. The predicted octanol–water partition coefficient (Wildman–Crippen LogP) is 7.57. The number of unbranched alkanes of at least 4 members (excludes halogenated alkanes) is 8. The molecule has 0 aliphatic rings. The molecule has 6 heteroatoms. The molecule has 0 aliphatic carbocycles. The van der Waals surface area contributed by atoms with Crippen molar-refractivity contribution in [3.05, 3.63) is 0 Å². The van der Waals surface area contributed by atoms with Gasteiger partial charge in [0.05, 0.1) is 31.5 Å². The molecule has 0 saturated heterocycles. The van der Waals surface area contributed by atoms with E-state index in [1.165, 1.54) is 38.5 Å². The van der Waals surface area contributed by atoms with Crippen molar-refractivity contribution in [1.29, 1.82) is 0 Å². The molecule has 2 unspecified atom stereocenters. The Labute approximate surface area is 214 Å². The molecule has 0 aromatic carbocycles. The molecule has 0 aromatic rings. The molecule has 0 aromatic heterocycles. The van der Waals surface area contributed by atoms with Gasteiger partial charge in [-0.2, -0.15) is 0 Å². The molecule has 0 rings (SSSR count). The van der Waals surface area contributed by atoms with Crippen molar-refractivity contribution in [1.82, 2.24) is 0 Å². The summed E-state index contributed by atoms with van der Waals surface area (Å²) in [5.41, 5.74) is 0. The van der Waals surface area contributed by atoms with E-state index in [0.717, 1.165) is 50.4 Å². The highest BCUT2D eigenvalue weighted by atomic mass is 16.5. The number of hydrogen-bond acceptors (Lipinski definition) is 5. The van der Waals surface area contributed by atoms with Crippen molar-refractivity contribution in [3.8, 4) is 0 Å². The molecule has 0 saturated carbocycles. The van der Waals surface area contributed by atoms with E-state index in [1.54, 1.807) is 0 Å². The number of carboxylic acids is 1. The molecule has 0 aliphatic heterocycles. The first-order valence-electron chi connectivity index (χ1n) is 14.2. The lowest BCUT2D eigenvalue weighted by Gasteiger charge is -2.21. The average Bonchev–Trinajstić information content (AvgIpc) is 2.78. The van der Waals surface area contributed by atoms with Gasteiger partial charge >= 0.3 is 17.9 Å². The summed E-state index contributed by atoms with van der Waals surface area (Å²) in [4.78, 5) is 37.0. The third-order valence-electron chi connectivity index (χ3n) is 6.45. The van der Waals surface area contributed by atoms with E-state index in [9.17, 15) is 19.5 Å². The third-order valence-corrected chi connectivity index (χ3v) is 6.45. The first-order chi connectivity index (χ1) is 16.7. The van der Waals surface area contributed by atoms with E-state index in [4.69, 9.17) is 9.47 Å². The van der Waals surface area contributed by atoms with E-state index in [-0.39, 0.29) is 13.0 Å². The topological polar surface area (TPSA) is 89.9 Å². The number of carbonyl (C=O) groups is 3. The molecule has 0 amide bonds. The molecule has 35 heavy (non-hydrogen) atoms. The summed E-state index contributed by atoms with van der Waals surface area (Å²) < 4.78 is 10.7. The van der Waals surface area contributed by atoms with Gasteiger partial charge in [0, 0.05) is 0 Å². The van der Waals surface area contributed by atoms with E-state index >= 15 is 0 Å². The van der Waals surface area contributed by atoms with E-state index < -0.39 is 29.7 Å².